The molecule has 6 heteroatoms. The molecule has 102 valence electrons. The predicted molar refractivity (Wildman–Crippen MR) is 77.2 cm³/mol. The molecule has 0 fully saturated rings. The fourth-order valence-corrected chi connectivity index (χ4v) is 2.19. The van der Waals surface area contributed by atoms with Crippen molar-refractivity contribution in [2.75, 3.05) is 5.32 Å². The normalized spacial score (nSPS) is 10.7. The summed E-state index contributed by atoms with van der Waals surface area (Å²) in [6.07, 6.45) is 0. The van der Waals surface area contributed by atoms with Crippen molar-refractivity contribution in [3.05, 3.63) is 47.4 Å². The van der Waals surface area contributed by atoms with E-state index in [1.54, 1.807) is 0 Å². The average molecular weight is 268 g/mol. The number of hydrogen-bond donors (Lipinski definition) is 3. The van der Waals surface area contributed by atoms with Gasteiger partial charge in [-0.3, -0.25) is 5.10 Å². The zero-order chi connectivity index (χ0) is 13.9. The number of aryl methyl sites for hydroxylation is 2. The Balaban J connectivity index is 1.81. The maximum atomic E-state index is 4.23. The van der Waals surface area contributed by atoms with E-state index in [0.29, 0.717) is 6.54 Å². The maximum Gasteiger partial charge on any atom is 0.117 e. The first-order chi connectivity index (χ1) is 9.75. The molecule has 3 rings (SSSR count). The van der Waals surface area contributed by atoms with Gasteiger partial charge in [-0.15, -0.1) is 0 Å². The second-order valence-electron chi connectivity index (χ2n) is 4.65. The van der Waals surface area contributed by atoms with Crippen LogP contribution in [-0.2, 0) is 6.54 Å². The van der Waals surface area contributed by atoms with Crippen molar-refractivity contribution in [3.63, 3.8) is 0 Å². The molecular formula is C14H16N6. The molecule has 0 saturated heterocycles. The lowest BCUT2D eigenvalue weighted by molar-refractivity contribution is 0.910. The minimum absolute atomic E-state index is 0.599. The number of H-pyrrole nitrogens is 2. The first-order valence-corrected chi connectivity index (χ1v) is 6.46. The highest BCUT2D eigenvalue weighted by atomic mass is 15.3. The summed E-state index contributed by atoms with van der Waals surface area (Å²) in [6.45, 7) is 4.55. The van der Waals surface area contributed by atoms with Gasteiger partial charge in [0.1, 0.15) is 11.4 Å². The maximum absolute atomic E-state index is 4.23. The minimum atomic E-state index is 0.599. The van der Waals surface area contributed by atoms with Gasteiger partial charge >= 0.3 is 0 Å². The molecule has 0 saturated carbocycles. The lowest BCUT2D eigenvalue weighted by Crippen LogP contribution is -2.03. The molecular weight excluding hydrogens is 252 g/mol. The summed E-state index contributed by atoms with van der Waals surface area (Å²) in [5, 5.41) is 21.6. The number of anilines is 1. The summed E-state index contributed by atoms with van der Waals surface area (Å²) >= 11 is 0. The van der Waals surface area contributed by atoms with Crippen LogP contribution in [0.5, 0.6) is 0 Å². The molecule has 0 amide bonds. The van der Waals surface area contributed by atoms with Gasteiger partial charge in [-0.05, 0) is 13.8 Å². The largest absolute Gasteiger partial charge is 0.376 e. The molecule has 6 nitrogen and oxygen atoms in total. The molecule has 0 spiro atoms. The fourth-order valence-electron chi connectivity index (χ4n) is 2.19. The SMILES string of the molecule is Cc1n[nH]c(C)c1NCc1n[nH]nc1-c1ccccc1. The van der Waals surface area contributed by atoms with Gasteiger partial charge in [0.25, 0.3) is 0 Å². The zero-order valence-corrected chi connectivity index (χ0v) is 11.4. The molecule has 0 atom stereocenters. The minimum Gasteiger partial charge on any atom is -0.376 e. The highest BCUT2D eigenvalue weighted by molar-refractivity contribution is 5.61. The number of aromatic nitrogens is 5. The Morgan fingerprint density at radius 3 is 2.55 bits per heavy atom. The third-order valence-corrected chi connectivity index (χ3v) is 3.23. The van der Waals surface area contributed by atoms with Crippen molar-refractivity contribution in [3.8, 4) is 11.3 Å². The smallest absolute Gasteiger partial charge is 0.117 e. The van der Waals surface area contributed by atoms with Gasteiger partial charge in [-0.1, -0.05) is 30.3 Å². The molecule has 0 aliphatic carbocycles. The van der Waals surface area contributed by atoms with E-state index in [1.165, 1.54) is 0 Å². The third-order valence-electron chi connectivity index (χ3n) is 3.23. The Kier molecular flexibility index (Phi) is 3.20. The van der Waals surface area contributed by atoms with Gasteiger partial charge in [0.05, 0.1) is 23.6 Å². The van der Waals surface area contributed by atoms with Gasteiger partial charge in [-0.2, -0.15) is 20.5 Å². The fraction of sp³-hybridized carbons (Fsp3) is 0.214. The summed E-state index contributed by atoms with van der Waals surface area (Å²) in [7, 11) is 0. The van der Waals surface area contributed by atoms with Gasteiger partial charge in [-0.25, -0.2) is 0 Å². The second kappa shape index (κ2) is 5.16. The van der Waals surface area contributed by atoms with Crippen LogP contribution in [0.3, 0.4) is 0 Å². The lowest BCUT2D eigenvalue weighted by atomic mass is 10.1. The molecule has 0 unspecified atom stereocenters. The zero-order valence-electron chi connectivity index (χ0n) is 11.4. The molecule has 3 N–H and O–H groups in total. The summed E-state index contributed by atoms with van der Waals surface area (Å²) in [5.74, 6) is 0. The van der Waals surface area contributed by atoms with E-state index in [0.717, 1.165) is 34.0 Å². The molecule has 0 aliphatic rings. The van der Waals surface area contributed by atoms with Crippen LogP contribution < -0.4 is 5.32 Å². The van der Waals surface area contributed by atoms with Crippen molar-refractivity contribution < 1.29 is 0 Å². The lowest BCUT2D eigenvalue weighted by Gasteiger charge is -2.05. The Bertz CT molecular complexity index is 678. The number of rotatable bonds is 4. The van der Waals surface area contributed by atoms with Gasteiger partial charge < -0.3 is 5.32 Å². The summed E-state index contributed by atoms with van der Waals surface area (Å²) in [4.78, 5) is 0. The van der Waals surface area contributed by atoms with Gasteiger partial charge in [0, 0.05) is 5.56 Å². The van der Waals surface area contributed by atoms with Crippen LogP contribution in [0.15, 0.2) is 30.3 Å². The van der Waals surface area contributed by atoms with Crippen molar-refractivity contribution >= 4 is 5.69 Å². The standard InChI is InChI=1S/C14H16N6/c1-9-13(10(2)17-16-9)15-8-12-14(19-20-18-12)11-6-4-3-5-7-11/h3-7,15H,8H2,1-2H3,(H,16,17)(H,18,19,20). The van der Waals surface area contributed by atoms with E-state index in [2.05, 4.69) is 30.9 Å². The second-order valence-corrected chi connectivity index (χ2v) is 4.65. The van der Waals surface area contributed by atoms with E-state index in [4.69, 9.17) is 0 Å². The van der Waals surface area contributed by atoms with Crippen LogP contribution >= 0.6 is 0 Å². The summed E-state index contributed by atoms with van der Waals surface area (Å²) < 4.78 is 0. The van der Waals surface area contributed by atoms with Crippen molar-refractivity contribution in [1.82, 2.24) is 25.6 Å². The van der Waals surface area contributed by atoms with E-state index in [-0.39, 0.29) is 0 Å². The first-order valence-electron chi connectivity index (χ1n) is 6.46. The van der Waals surface area contributed by atoms with Crippen LogP contribution in [0.1, 0.15) is 17.1 Å². The van der Waals surface area contributed by atoms with Crippen molar-refractivity contribution in [2.24, 2.45) is 0 Å². The highest BCUT2D eigenvalue weighted by Gasteiger charge is 2.11. The third kappa shape index (κ3) is 2.27. The number of aromatic amines is 2. The number of nitrogens with zero attached hydrogens (tertiary/aromatic N) is 3. The van der Waals surface area contributed by atoms with E-state index < -0.39 is 0 Å². The van der Waals surface area contributed by atoms with Crippen LogP contribution in [-0.4, -0.2) is 25.6 Å². The Morgan fingerprint density at radius 1 is 1.05 bits per heavy atom. The molecule has 0 aliphatic heterocycles. The monoisotopic (exact) mass is 268 g/mol. The van der Waals surface area contributed by atoms with Crippen LogP contribution in [0, 0.1) is 13.8 Å². The Morgan fingerprint density at radius 2 is 1.85 bits per heavy atom. The van der Waals surface area contributed by atoms with E-state index in [1.807, 2.05) is 44.2 Å². The van der Waals surface area contributed by atoms with Crippen LogP contribution in [0.4, 0.5) is 5.69 Å². The molecule has 2 heterocycles. The number of benzene rings is 1. The van der Waals surface area contributed by atoms with Crippen LogP contribution in [0.2, 0.25) is 0 Å². The van der Waals surface area contributed by atoms with E-state index >= 15 is 0 Å². The van der Waals surface area contributed by atoms with E-state index in [9.17, 15) is 0 Å². The molecule has 1 aromatic carbocycles. The topological polar surface area (TPSA) is 82.3 Å². The highest BCUT2D eigenvalue weighted by Crippen LogP contribution is 2.21. The van der Waals surface area contributed by atoms with Crippen LogP contribution in [0.25, 0.3) is 11.3 Å². The summed E-state index contributed by atoms with van der Waals surface area (Å²) in [5.41, 5.74) is 5.80. The quantitative estimate of drug-likeness (QED) is 0.678. The average Bonchev–Trinajstić information content (AvgIpc) is 3.06. The Labute approximate surface area is 116 Å². The predicted octanol–water partition coefficient (Wildman–Crippen LogP) is 2.42. The van der Waals surface area contributed by atoms with Gasteiger partial charge in [0.2, 0.25) is 0 Å². The molecule has 2 aromatic heterocycles. The number of hydrogen-bond acceptors (Lipinski definition) is 4. The van der Waals surface area contributed by atoms with Crippen molar-refractivity contribution in [1.29, 1.82) is 0 Å². The van der Waals surface area contributed by atoms with Gasteiger partial charge in [0.15, 0.2) is 0 Å². The molecule has 20 heavy (non-hydrogen) atoms. The number of nitrogens with one attached hydrogen (secondary N) is 3. The first kappa shape index (κ1) is 12.4. The molecule has 0 bridgehead atoms. The molecule has 0 radical (unpaired) electrons. The molecule has 3 aromatic rings. The summed E-state index contributed by atoms with van der Waals surface area (Å²) in [6, 6.07) is 10.0. The van der Waals surface area contributed by atoms with Crippen molar-refractivity contribution in [2.45, 2.75) is 20.4 Å². The Hall–Kier alpha value is -2.63.